The van der Waals surface area contributed by atoms with E-state index in [4.69, 9.17) is 0 Å². The number of fused-ring (bicyclic) bond motifs is 3. The Balaban J connectivity index is 1.55. The van der Waals surface area contributed by atoms with Crippen LogP contribution >= 0.6 is 0 Å². The molecule has 0 aromatic heterocycles. The number of hydrogen-bond donors (Lipinski definition) is 1. The SMILES string of the molecule is C1=C(c2ccccc2)CCC2Nc3ccc(-c4ccccc4)cc3[C@H]12. The lowest BCUT2D eigenvalue weighted by Gasteiger charge is -2.25. The molecule has 0 saturated heterocycles. The van der Waals surface area contributed by atoms with Gasteiger partial charge >= 0.3 is 0 Å². The van der Waals surface area contributed by atoms with Crippen LogP contribution in [-0.2, 0) is 0 Å². The van der Waals surface area contributed by atoms with Gasteiger partial charge in [0.2, 0.25) is 0 Å². The Morgan fingerprint density at radius 1 is 0.720 bits per heavy atom. The molecule has 1 nitrogen and oxygen atoms in total. The monoisotopic (exact) mass is 323 g/mol. The van der Waals surface area contributed by atoms with Gasteiger partial charge in [0.1, 0.15) is 0 Å². The molecule has 0 fully saturated rings. The summed E-state index contributed by atoms with van der Waals surface area (Å²) in [5, 5.41) is 3.74. The van der Waals surface area contributed by atoms with Gasteiger partial charge in [-0.3, -0.25) is 0 Å². The molecule has 0 bridgehead atoms. The molecule has 5 rings (SSSR count). The van der Waals surface area contributed by atoms with E-state index in [-0.39, 0.29) is 0 Å². The van der Waals surface area contributed by atoms with Crippen LogP contribution in [0.4, 0.5) is 5.69 Å². The molecule has 3 aromatic rings. The van der Waals surface area contributed by atoms with Crippen molar-refractivity contribution in [2.45, 2.75) is 24.8 Å². The van der Waals surface area contributed by atoms with Crippen molar-refractivity contribution in [1.82, 2.24) is 0 Å². The highest BCUT2D eigenvalue weighted by atomic mass is 15.0. The van der Waals surface area contributed by atoms with E-state index in [1.54, 1.807) is 0 Å². The summed E-state index contributed by atoms with van der Waals surface area (Å²) >= 11 is 0. The minimum Gasteiger partial charge on any atom is -0.381 e. The minimum absolute atomic E-state index is 0.475. The summed E-state index contributed by atoms with van der Waals surface area (Å²) in [6, 6.07) is 28.9. The smallest absolute Gasteiger partial charge is 0.0382 e. The maximum Gasteiger partial charge on any atom is 0.0382 e. The lowest BCUT2D eigenvalue weighted by molar-refractivity contribution is 0.615. The molecule has 0 amide bonds. The molecular weight excluding hydrogens is 302 g/mol. The summed E-state index contributed by atoms with van der Waals surface area (Å²) in [5.41, 5.74) is 8.20. The van der Waals surface area contributed by atoms with Gasteiger partial charge in [0.15, 0.2) is 0 Å². The molecule has 0 spiro atoms. The Labute approximate surface area is 149 Å². The average molecular weight is 323 g/mol. The number of benzene rings is 3. The van der Waals surface area contributed by atoms with Crippen LogP contribution in [0.3, 0.4) is 0 Å². The molecule has 3 aromatic carbocycles. The zero-order valence-electron chi connectivity index (χ0n) is 14.2. The maximum absolute atomic E-state index is 3.74. The van der Waals surface area contributed by atoms with E-state index in [0.29, 0.717) is 12.0 Å². The zero-order valence-corrected chi connectivity index (χ0v) is 14.2. The number of allylic oxidation sites excluding steroid dienone is 1. The third-order valence-electron chi connectivity index (χ3n) is 5.54. The Bertz CT molecular complexity index is 925. The standard InChI is InChI=1S/C24H21N/c1-3-7-17(8-4-1)19-11-13-23-21(15-19)22-16-20(12-14-24(22)25-23)18-9-5-2-6-10-18/h1-11,13,15-16,22,24-25H,12,14H2/t22-,24?/m0/s1. The maximum atomic E-state index is 3.74. The first-order valence-electron chi connectivity index (χ1n) is 9.10. The lowest BCUT2D eigenvalue weighted by Crippen LogP contribution is -2.22. The predicted molar refractivity (Wildman–Crippen MR) is 106 cm³/mol. The number of hydrogen-bond acceptors (Lipinski definition) is 1. The van der Waals surface area contributed by atoms with Crippen LogP contribution in [0.5, 0.6) is 0 Å². The molecular formula is C24H21N. The quantitative estimate of drug-likeness (QED) is 0.600. The first kappa shape index (κ1) is 14.5. The van der Waals surface area contributed by atoms with Gasteiger partial charge in [-0.2, -0.15) is 0 Å². The fraction of sp³-hybridized carbons (Fsp3) is 0.167. The van der Waals surface area contributed by atoms with Crippen molar-refractivity contribution in [3.8, 4) is 11.1 Å². The predicted octanol–water partition coefficient (Wildman–Crippen LogP) is 6.11. The molecule has 1 aliphatic heterocycles. The lowest BCUT2D eigenvalue weighted by atomic mass is 9.81. The van der Waals surface area contributed by atoms with Gasteiger partial charge in [0, 0.05) is 17.6 Å². The van der Waals surface area contributed by atoms with E-state index in [2.05, 4.69) is 90.3 Å². The summed E-state index contributed by atoms with van der Waals surface area (Å²) < 4.78 is 0. The molecule has 2 atom stereocenters. The Morgan fingerprint density at radius 3 is 2.20 bits per heavy atom. The summed E-state index contributed by atoms with van der Waals surface area (Å²) in [6.45, 7) is 0. The fourth-order valence-electron chi connectivity index (χ4n) is 4.25. The highest BCUT2D eigenvalue weighted by Gasteiger charge is 2.33. The van der Waals surface area contributed by atoms with Crippen molar-refractivity contribution in [2.24, 2.45) is 0 Å². The zero-order chi connectivity index (χ0) is 16.6. The molecule has 1 N–H and O–H groups in total. The largest absolute Gasteiger partial charge is 0.381 e. The average Bonchev–Trinajstić information content (AvgIpc) is 3.06. The Kier molecular flexibility index (Phi) is 3.45. The van der Waals surface area contributed by atoms with E-state index >= 15 is 0 Å². The highest BCUT2D eigenvalue weighted by molar-refractivity contribution is 5.75. The second-order valence-electron chi connectivity index (χ2n) is 7.04. The molecule has 25 heavy (non-hydrogen) atoms. The molecule has 1 heteroatoms. The van der Waals surface area contributed by atoms with Crippen molar-refractivity contribution in [3.63, 3.8) is 0 Å². The van der Waals surface area contributed by atoms with Gasteiger partial charge < -0.3 is 5.32 Å². The van der Waals surface area contributed by atoms with Crippen LogP contribution in [0.1, 0.15) is 29.9 Å². The van der Waals surface area contributed by atoms with Crippen LogP contribution in [0, 0.1) is 0 Å². The van der Waals surface area contributed by atoms with E-state index in [9.17, 15) is 0 Å². The van der Waals surface area contributed by atoms with E-state index in [1.807, 2.05) is 0 Å². The second kappa shape index (κ2) is 5.93. The molecule has 1 unspecified atom stereocenters. The summed E-state index contributed by atoms with van der Waals surface area (Å²) in [6.07, 6.45) is 4.84. The molecule has 0 saturated carbocycles. The van der Waals surface area contributed by atoms with Gasteiger partial charge in [0.05, 0.1) is 0 Å². The van der Waals surface area contributed by atoms with Crippen molar-refractivity contribution < 1.29 is 0 Å². The number of rotatable bonds is 2. The van der Waals surface area contributed by atoms with Crippen LogP contribution in [0.2, 0.25) is 0 Å². The van der Waals surface area contributed by atoms with Crippen molar-refractivity contribution in [2.75, 3.05) is 5.32 Å². The van der Waals surface area contributed by atoms with Gasteiger partial charge in [-0.1, -0.05) is 72.8 Å². The van der Waals surface area contributed by atoms with Crippen LogP contribution in [-0.4, -0.2) is 6.04 Å². The third kappa shape index (κ3) is 2.56. The van der Waals surface area contributed by atoms with E-state index < -0.39 is 0 Å². The Hall–Kier alpha value is -2.80. The summed E-state index contributed by atoms with van der Waals surface area (Å²) in [4.78, 5) is 0. The van der Waals surface area contributed by atoms with Gasteiger partial charge in [-0.05, 0) is 52.8 Å². The second-order valence-corrected chi connectivity index (χ2v) is 7.04. The van der Waals surface area contributed by atoms with E-state index in [0.717, 1.165) is 6.42 Å². The number of anilines is 1. The van der Waals surface area contributed by atoms with Gasteiger partial charge in [0.25, 0.3) is 0 Å². The summed E-state index contributed by atoms with van der Waals surface area (Å²) in [7, 11) is 0. The topological polar surface area (TPSA) is 12.0 Å². The fourth-order valence-corrected chi connectivity index (χ4v) is 4.25. The van der Waals surface area contributed by atoms with E-state index in [1.165, 1.54) is 39.9 Å². The number of nitrogens with one attached hydrogen (secondary N) is 1. The summed E-state index contributed by atoms with van der Waals surface area (Å²) in [5.74, 6) is 0.475. The molecule has 2 aliphatic rings. The first-order valence-corrected chi connectivity index (χ1v) is 9.10. The highest BCUT2D eigenvalue weighted by Crippen LogP contribution is 2.45. The van der Waals surface area contributed by atoms with Crippen LogP contribution in [0.25, 0.3) is 16.7 Å². The molecule has 1 aliphatic carbocycles. The van der Waals surface area contributed by atoms with Gasteiger partial charge in [-0.15, -0.1) is 0 Å². The molecule has 0 radical (unpaired) electrons. The van der Waals surface area contributed by atoms with Crippen molar-refractivity contribution in [3.05, 3.63) is 96.1 Å². The normalized spacial score (nSPS) is 21.0. The van der Waals surface area contributed by atoms with Crippen molar-refractivity contribution >= 4 is 11.3 Å². The third-order valence-corrected chi connectivity index (χ3v) is 5.54. The van der Waals surface area contributed by atoms with Crippen LogP contribution < -0.4 is 5.32 Å². The van der Waals surface area contributed by atoms with Crippen molar-refractivity contribution in [1.29, 1.82) is 0 Å². The minimum atomic E-state index is 0.475. The van der Waals surface area contributed by atoms with Crippen LogP contribution in [0.15, 0.2) is 84.9 Å². The molecule has 1 heterocycles. The molecule has 122 valence electrons. The Morgan fingerprint density at radius 2 is 1.44 bits per heavy atom. The van der Waals surface area contributed by atoms with Gasteiger partial charge in [-0.25, -0.2) is 0 Å². The first-order chi connectivity index (χ1) is 12.4.